The topological polar surface area (TPSA) is 12.5 Å². The summed E-state index contributed by atoms with van der Waals surface area (Å²) in [6.07, 6.45) is 1.29. The van der Waals surface area contributed by atoms with E-state index in [2.05, 4.69) is 98.6 Å². The molecule has 1 aliphatic heterocycles. The van der Waals surface area contributed by atoms with Crippen LogP contribution in [0.4, 0.5) is 0 Å². The maximum Gasteiger partial charge on any atom is 0.112 e. The summed E-state index contributed by atoms with van der Waals surface area (Å²) < 4.78 is 6.50. The number of benzene rings is 3. The molecule has 4 rings (SSSR count). The second-order valence-electron chi connectivity index (χ2n) is 7.53. The van der Waals surface area contributed by atoms with Crippen molar-refractivity contribution < 1.29 is 4.74 Å². The highest BCUT2D eigenvalue weighted by molar-refractivity contribution is 5.86. The van der Waals surface area contributed by atoms with Gasteiger partial charge in [-0.25, -0.2) is 0 Å². The highest BCUT2D eigenvalue weighted by Crippen LogP contribution is 2.38. The van der Waals surface area contributed by atoms with Crippen LogP contribution in [0.25, 0.3) is 10.8 Å². The van der Waals surface area contributed by atoms with Crippen LogP contribution >= 0.6 is 0 Å². The van der Waals surface area contributed by atoms with Crippen LogP contribution in [0, 0.1) is 0 Å². The summed E-state index contributed by atoms with van der Waals surface area (Å²) in [4.78, 5) is 2.39. The standard InChI is InChI=1S/C24H27NO/c1-17(21-15-9-13-19-10-7-8-14-22(19)21)16-23-25(3)18(2)24(26-23)20-11-5-4-6-12-20/h4-15,17-18,23-24H,16H2,1-3H3/t17-,18-,23-,24-/m0/s1. The Bertz CT molecular complexity index is 870. The second kappa shape index (κ2) is 7.22. The average molecular weight is 345 g/mol. The normalized spacial score (nSPS) is 24.8. The fourth-order valence-corrected chi connectivity index (χ4v) is 4.19. The van der Waals surface area contributed by atoms with Gasteiger partial charge in [-0.05, 0) is 48.2 Å². The van der Waals surface area contributed by atoms with Crippen molar-refractivity contribution in [1.82, 2.24) is 4.90 Å². The van der Waals surface area contributed by atoms with E-state index in [0.29, 0.717) is 12.0 Å². The van der Waals surface area contributed by atoms with Gasteiger partial charge in [-0.2, -0.15) is 0 Å². The molecule has 0 aliphatic carbocycles. The summed E-state index contributed by atoms with van der Waals surface area (Å²) in [5.41, 5.74) is 2.68. The van der Waals surface area contributed by atoms with Crippen LogP contribution in [-0.4, -0.2) is 24.2 Å². The molecule has 4 atom stereocenters. The third kappa shape index (κ3) is 3.15. The van der Waals surface area contributed by atoms with Gasteiger partial charge in [-0.3, -0.25) is 4.90 Å². The molecule has 1 saturated heterocycles. The smallest absolute Gasteiger partial charge is 0.112 e. The van der Waals surface area contributed by atoms with Crippen LogP contribution < -0.4 is 0 Å². The van der Waals surface area contributed by atoms with Crippen LogP contribution in [0.2, 0.25) is 0 Å². The first-order chi connectivity index (χ1) is 12.6. The van der Waals surface area contributed by atoms with Crippen LogP contribution in [0.5, 0.6) is 0 Å². The molecule has 1 fully saturated rings. The molecular weight excluding hydrogens is 318 g/mol. The SMILES string of the molecule is C[C@@H](C[C@@H]1O[C@H](c2ccccc2)[C@H](C)N1C)c1cccc2ccccc12. The van der Waals surface area contributed by atoms with E-state index >= 15 is 0 Å². The molecule has 26 heavy (non-hydrogen) atoms. The number of nitrogens with zero attached hydrogens (tertiary/aromatic N) is 1. The van der Waals surface area contributed by atoms with E-state index in [1.165, 1.54) is 21.9 Å². The van der Waals surface area contributed by atoms with E-state index in [4.69, 9.17) is 4.74 Å². The lowest BCUT2D eigenvalue weighted by Crippen LogP contribution is -2.32. The molecule has 0 radical (unpaired) electrons. The van der Waals surface area contributed by atoms with Gasteiger partial charge in [0.1, 0.15) is 6.23 Å². The predicted octanol–water partition coefficient (Wildman–Crippen LogP) is 5.75. The maximum atomic E-state index is 6.50. The molecule has 0 aromatic heterocycles. The lowest BCUT2D eigenvalue weighted by atomic mass is 9.92. The number of ether oxygens (including phenoxy) is 1. The van der Waals surface area contributed by atoms with Gasteiger partial charge in [0, 0.05) is 6.04 Å². The Balaban J connectivity index is 1.55. The Morgan fingerprint density at radius 1 is 0.923 bits per heavy atom. The van der Waals surface area contributed by atoms with E-state index in [9.17, 15) is 0 Å². The lowest BCUT2D eigenvalue weighted by molar-refractivity contribution is -0.00172. The van der Waals surface area contributed by atoms with Crippen LogP contribution in [0.1, 0.15) is 43.4 Å². The fraction of sp³-hybridized carbons (Fsp3) is 0.333. The Labute approximate surface area is 156 Å². The van der Waals surface area contributed by atoms with Crippen molar-refractivity contribution in [2.75, 3.05) is 7.05 Å². The zero-order valence-electron chi connectivity index (χ0n) is 15.8. The summed E-state index contributed by atoms with van der Waals surface area (Å²) in [6.45, 7) is 4.58. The van der Waals surface area contributed by atoms with Gasteiger partial charge in [0.2, 0.25) is 0 Å². The Hall–Kier alpha value is -2.16. The molecular formula is C24H27NO. The van der Waals surface area contributed by atoms with Gasteiger partial charge in [-0.15, -0.1) is 0 Å². The molecule has 3 aromatic rings. The summed E-state index contributed by atoms with van der Waals surface area (Å²) in [7, 11) is 2.19. The van der Waals surface area contributed by atoms with Gasteiger partial charge in [0.05, 0.1) is 6.10 Å². The molecule has 0 amide bonds. The first-order valence-corrected chi connectivity index (χ1v) is 9.55. The molecule has 134 valence electrons. The fourth-order valence-electron chi connectivity index (χ4n) is 4.19. The molecule has 0 bridgehead atoms. The minimum atomic E-state index is 0.143. The number of fused-ring (bicyclic) bond motifs is 1. The molecule has 1 aliphatic rings. The van der Waals surface area contributed by atoms with Gasteiger partial charge >= 0.3 is 0 Å². The molecule has 1 heterocycles. The summed E-state index contributed by atoms with van der Waals surface area (Å²) in [5, 5.41) is 2.67. The molecule has 0 saturated carbocycles. The van der Waals surface area contributed by atoms with Crippen molar-refractivity contribution in [1.29, 1.82) is 0 Å². The van der Waals surface area contributed by atoms with Crippen molar-refractivity contribution in [3.8, 4) is 0 Å². The van der Waals surface area contributed by atoms with Gasteiger partial charge in [0.25, 0.3) is 0 Å². The average Bonchev–Trinajstić information content (AvgIpc) is 2.96. The quantitative estimate of drug-likeness (QED) is 0.597. The van der Waals surface area contributed by atoms with Crippen molar-refractivity contribution in [2.45, 2.75) is 44.6 Å². The molecule has 0 unspecified atom stereocenters. The second-order valence-corrected chi connectivity index (χ2v) is 7.53. The van der Waals surface area contributed by atoms with E-state index in [0.717, 1.165) is 6.42 Å². The summed E-state index contributed by atoms with van der Waals surface area (Å²) in [6, 6.07) is 26.3. The molecule has 3 aromatic carbocycles. The monoisotopic (exact) mass is 345 g/mol. The minimum Gasteiger partial charge on any atom is -0.354 e. The van der Waals surface area contributed by atoms with Crippen molar-refractivity contribution in [3.63, 3.8) is 0 Å². The first-order valence-electron chi connectivity index (χ1n) is 9.55. The molecule has 0 N–H and O–H groups in total. The number of rotatable bonds is 4. The summed E-state index contributed by atoms with van der Waals surface area (Å²) >= 11 is 0. The maximum absolute atomic E-state index is 6.50. The Kier molecular flexibility index (Phi) is 4.80. The molecule has 2 heteroatoms. The Morgan fingerprint density at radius 3 is 2.42 bits per heavy atom. The van der Waals surface area contributed by atoms with Crippen molar-refractivity contribution in [2.24, 2.45) is 0 Å². The van der Waals surface area contributed by atoms with Gasteiger partial charge in [-0.1, -0.05) is 79.7 Å². The van der Waals surface area contributed by atoms with E-state index in [1.54, 1.807) is 0 Å². The lowest BCUT2D eigenvalue weighted by Gasteiger charge is -2.24. The van der Waals surface area contributed by atoms with Crippen LogP contribution in [0.15, 0.2) is 72.8 Å². The first kappa shape index (κ1) is 17.3. The third-order valence-electron chi connectivity index (χ3n) is 5.88. The molecule has 0 spiro atoms. The number of hydrogen-bond acceptors (Lipinski definition) is 2. The third-order valence-corrected chi connectivity index (χ3v) is 5.88. The Morgan fingerprint density at radius 2 is 1.62 bits per heavy atom. The zero-order chi connectivity index (χ0) is 18.1. The predicted molar refractivity (Wildman–Crippen MR) is 108 cm³/mol. The molecule has 2 nitrogen and oxygen atoms in total. The van der Waals surface area contributed by atoms with Crippen molar-refractivity contribution >= 4 is 10.8 Å². The van der Waals surface area contributed by atoms with Crippen LogP contribution in [-0.2, 0) is 4.74 Å². The number of likely N-dealkylation sites (N-methyl/N-ethyl adjacent to an activating group) is 1. The minimum absolute atomic E-state index is 0.143. The number of hydrogen-bond donors (Lipinski definition) is 0. The highest BCUT2D eigenvalue weighted by Gasteiger charge is 2.38. The largest absolute Gasteiger partial charge is 0.354 e. The highest BCUT2D eigenvalue weighted by atomic mass is 16.5. The van der Waals surface area contributed by atoms with Crippen molar-refractivity contribution in [3.05, 3.63) is 83.9 Å². The van der Waals surface area contributed by atoms with Crippen LogP contribution in [0.3, 0.4) is 0 Å². The van der Waals surface area contributed by atoms with E-state index in [-0.39, 0.29) is 12.3 Å². The van der Waals surface area contributed by atoms with E-state index in [1.807, 2.05) is 0 Å². The van der Waals surface area contributed by atoms with Gasteiger partial charge in [0.15, 0.2) is 0 Å². The summed E-state index contributed by atoms with van der Waals surface area (Å²) in [5.74, 6) is 0.440. The van der Waals surface area contributed by atoms with E-state index < -0.39 is 0 Å². The zero-order valence-corrected chi connectivity index (χ0v) is 15.8. The van der Waals surface area contributed by atoms with Gasteiger partial charge < -0.3 is 4.74 Å².